The van der Waals surface area contributed by atoms with Gasteiger partial charge in [0.05, 0.1) is 7.11 Å². The molecule has 1 atom stereocenters. The number of nitrogens with zero attached hydrogens (tertiary/aromatic N) is 2. The Balaban J connectivity index is 1.64. The van der Waals surface area contributed by atoms with Crippen molar-refractivity contribution < 1.29 is 18.7 Å². The monoisotopic (exact) mass is 373 g/mol. The van der Waals surface area contributed by atoms with Crippen molar-refractivity contribution in [1.82, 2.24) is 9.36 Å². The Morgan fingerprint density at radius 3 is 2.62 bits per heavy atom. The van der Waals surface area contributed by atoms with E-state index in [-0.39, 0.29) is 5.75 Å². The van der Waals surface area contributed by atoms with Crippen molar-refractivity contribution in [3.05, 3.63) is 54.3 Å². The van der Waals surface area contributed by atoms with Crippen LogP contribution in [0.15, 0.2) is 48.5 Å². The number of benzene rings is 2. The highest BCUT2D eigenvalue weighted by molar-refractivity contribution is 7.10. The Hall–Kier alpha value is -3.00. The van der Waals surface area contributed by atoms with E-state index in [1.54, 1.807) is 31.4 Å². The molecule has 1 aromatic heterocycles. The van der Waals surface area contributed by atoms with E-state index in [0.29, 0.717) is 11.0 Å². The van der Waals surface area contributed by atoms with E-state index in [2.05, 4.69) is 14.7 Å². The predicted molar refractivity (Wildman–Crippen MR) is 97.0 cm³/mol. The minimum absolute atomic E-state index is 0.0198. The Morgan fingerprint density at radius 1 is 1.19 bits per heavy atom. The number of halogens is 1. The van der Waals surface area contributed by atoms with Crippen LogP contribution in [0.3, 0.4) is 0 Å². The van der Waals surface area contributed by atoms with Gasteiger partial charge in [-0.2, -0.15) is 9.36 Å². The highest BCUT2D eigenvalue weighted by atomic mass is 32.1. The number of methoxy groups -OCH3 is 1. The minimum atomic E-state index is -0.889. The van der Waals surface area contributed by atoms with Crippen molar-refractivity contribution in [1.29, 1.82) is 0 Å². The van der Waals surface area contributed by atoms with Crippen LogP contribution in [0.4, 0.5) is 9.52 Å². The van der Waals surface area contributed by atoms with Gasteiger partial charge in [0.1, 0.15) is 5.75 Å². The summed E-state index contributed by atoms with van der Waals surface area (Å²) in [6.07, 6.45) is -0.889. The number of anilines is 1. The molecule has 1 heterocycles. The Morgan fingerprint density at radius 2 is 1.92 bits per heavy atom. The van der Waals surface area contributed by atoms with Crippen LogP contribution in [0.1, 0.15) is 6.92 Å². The fourth-order valence-corrected chi connectivity index (χ4v) is 2.72. The van der Waals surface area contributed by atoms with Gasteiger partial charge in [-0.3, -0.25) is 10.1 Å². The first-order valence-electron chi connectivity index (χ1n) is 7.77. The molecule has 2 aromatic carbocycles. The van der Waals surface area contributed by atoms with E-state index in [9.17, 15) is 9.18 Å². The quantitative estimate of drug-likeness (QED) is 0.712. The number of ether oxygens (including phenoxy) is 2. The molecule has 0 aliphatic heterocycles. The molecule has 8 heteroatoms. The Bertz CT molecular complexity index is 899. The number of nitrogens with one attached hydrogen (secondary N) is 1. The maximum atomic E-state index is 13.6. The molecule has 6 nitrogen and oxygen atoms in total. The van der Waals surface area contributed by atoms with E-state index in [4.69, 9.17) is 9.47 Å². The molecule has 0 saturated carbocycles. The van der Waals surface area contributed by atoms with E-state index < -0.39 is 17.8 Å². The normalized spacial score (nSPS) is 11.7. The number of aromatic nitrogens is 2. The second-order valence-corrected chi connectivity index (χ2v) is 6.08. The lowest BCUT2D eigenvalue weighted by Gasteiger charge is -2.13. The standard InChI is InChI=1S/C18H16FN3O3S/c1-11(25-15-6-4-3-5-14(15)19)17(23)21-18-20-16(22-26-18)12-7-9-13(24-2)10-8-12/h3-11H,1-2H3,(H,20,21,22,23). The van der Waals surface area contributed by atoms with Crippen molar-refractivity contribution in [2.45, 2.75) is 13.0 Å². The molecule has 0 aliphatic carbocycles. The number of amides is 1. The van der Waals surface area contributed by atoms with Gasteiger partial charge >= 0.3 is 0 Å². The number of carbonyl (C=O) groups excluding carboxylic acids is 1. The molecule has 1 amide bonds. The molecule has 0 saturated heterocycles. The van der Waals surface area contributed by atoms with Crippen LogP contribution in [0, 0.1) is 5.82 Å². The van der Waals surface area contributed by atoms with Gasteiger partial charge in [0.25, 0.3) is 5.91 Å². The van der Waals surface area contributed by atoms with E-state index in [1.165, 1.54) is 19.1 Å². The van der Waals surface area contributed by atoms with E-state index in [1.807, 2.05) is 12.1 Å². The molecule has 26 heavy (non-hydrogen) atoms. The van der Waals surface area contributed by atoms with Gasteiger partial charge < -0.3 is 9.47 Å². The first kappa shape index (κ1) is 17.8. The van der Waals surface area contributed by atoms with Gasteiger partial charge in [-0.05, 0) is 43.3 Å². The summed E-state index contributed by atoms with van der Waals surface area (Å²) in [7, 11) is 1.59. The van der Waals surface area contributed by atoms with E-state index in [0.717, 1.165) is 22.8 Å². The third kappa shape index (κ3) is 4.15. The zero-order valence-corrected chi connectivity index (χ0v) is 14.9. The van der Waals surface area contributed by atoms with Gasteiger partial charge in [0.2, 0.25) is 5.13 Å². The van der Waals surface area contributed by atoms with Crippen LogP contribution >= 0.6 is 11.5 Å². The molecule has 134 valence electrons. The van der Waals surface area contributed by atoms with Gasteiger partial charge in [0.15, 0.2) is 23.5 Å². The maximum absolute atomic E-state index is 13.6. The molecular formula is C18H16FN3O3S. The summed E-state index contributed by atoms with van der Waals surface area (Å²) < 4.78 is 28.3. The molecule has 0 radical (unpaired) electrons. The van der Waals surface area contributed by atoms with Crippen LogP contribution in [0.5, 0.6) is 11.5 Å². The Kier molecular flexibility index (Phi) is 5.43. The molecule has 3 aromatic rings. The van der Waals surface area contributed by atoms with Gasteiger partial charge in [-0.15, -0.1) is 0 Å². The van der Waals surface area contributed by atoms with Gasteiger partial charge in [0, 0.05) is 17.1 Å². The minimum Gasteiger partial charge on any atom is -0.497 e. The molecule has 3 rings (SSSR count). The average Bonchev–Trinajstić information content (AvgIpc) is 3.12. The third-order valence-corrected chi connectivity index (χ3v) is 4.14. The number of hydrogen-bond acceptors (Lipinski definition) is 6. The SMILES string of the molecule is COc1ccc(-c2nsc(NC(=O)C(C)Oc3ccccc3F)n2)cc1. The lowest BCUT2D eigenvalue weighted by atomic mass is 10.2. The number of rotatable bonds is 6. The third-order valence-electron chi connectivity index (χ3n) is 3.51. The summed E-state index contributed by atoms with van der Waals surface area (Å²) in [4.78, 5) is 16.5. The van der Waals surface area contributed by atoms with Crippen molar-refractivity contribution in [2.75, 3.05) is 12.4 Å². The number of hydrogen-bond donors (Lipinski definition) is 1. The fraction of sp³-hybridized carbons (Fsp3) is 0.167. The maximum Gasteiger partial charge on any atom is 0.266 e. The zero-order valence-electron chi connectivity index (χ0n) is 14.1. The lowest BCUT2D eigenvalue weighted by Crippen LogP contribution is -2.30. The fourth-order valence-electron chi connectivity index (χ4n) is 2.12. The van der Waals surface area contributed by atoms with E-state index >= 15 is 0 Å². The second kappa shape index (κ2) is 7.92. The summed E-state index contributed by atoms with van der Waals surface area (Å²) in [5.41, 5.74) is 0.804. The highest BCUT2D eigenvalue weighted by Crippen LogP contribution is 2.24. The first-order valence-corrected chi connectivity index (χ1v) is 8.54. The molecule has 1 unspecified atom stereocenters. The molecule has 1 N–H and O–H groups in total. The number of carbonyl (C=O) groups is 1. The van der Waals surface area contributed by atoms with Crippen molar-refractivity contribution >= 4 is 22.6 Å². The molecule has 0 bridgehead atoms. The van der Waals surface area contributed by atoms with Gasteiger partial charge in [-0.25, -0.2) is 4.39 Å². The summed E-state index contributed by atoms with van der Waals surface area (Å²) in [6.45, 7) is 1.53. The molecule has 0 aliphatic rings. The summed E-state index contributed by atoms with van der Waals surface area (Å²) in [6, 6.07) is 13.2. The number of para-hydroxylation sites is 1. The summed E-state index contributed by atoms with van der Waals surface area (Å²) in [5, 5.41) is 2.97. The van der Waals surface area contributed by atoms with Gasteiger partial charge in [-0.1, -0.05) is 12.1 Å². The smallest absolute Gasteiger partial charge is 0.266 e. The van der Waals surface area contributed by atoms with Crippen LogP contribution < -0.4 is 14.8 Å². The summed E-state index contributed by atoms with van der Waals surface area (Å²) in [5.74, 6) is 0.286. The van der Waals surface area contributed by atoms with Crippen molar-refractivity contribution in [2.24, 2.45) is 0 Å². The first-order chi connectivity index (χ1) is 12.6. The van der Waals surface area contributed by atoms with Crippen LogP contribution in [0.2, 0.25) is 0 Å². The summed E-state index contributed by atoms with van der Waals surface area (Å²) >= 11 is 1.06. The Labute approximate surface area is 153 Å². The van der Waals surface area contributed by atoms with Crippen molar-refractivity contribution in [3.8, 4) is 22.9 Å². The highest BCUT2D eigenvalue weighted by Gasteiger charge is 2.18. The van der Waals surface area contributed by atoms with Crippen LogP contribution in [-0.2, 0) is 4.79 Å². The largest absolute Gasteiger partial charge is 0.497 e. The topological polar surface area (TPSA) is 73.3 Å². The predicted octanol–water partition coefficient (Wildman–Crippen LogP) is 3.76. The average molecular weight is 373 g/mol. The van der Waals surface area contributed by atoms with Crippen molar-refractivity contribution in [3.63, 3.8) is 0 Å². The lowest BCUT2D eigenvalue weighted by molar-refractivity contribution is -0.122. The second-order valence-electron chi connectivity index (χ2n) is 5.33. The zero-order chi connectivity index (χ0) is 18.5. The molecule has 0 fully saturated rings. The van der Waals surface area contributed by atoms with Crippen LogP contribution in [0.25, 0.3) is 11.4 Å². The van der Waals surface area contributed by atoms with Crippen LogP contribution in [-0.4, -0.2) is 28.5 Å². The molecular weight excluding hydrogens is 357 g/mol. The molecule has 0 spiro atoms.